The van der Waals surface area contributed by atoms with Crippen molar-refractivity contribution in [2.24, 2.45) is 5.84 Å². The van der Waals surface area contributed by atoms with Gasteiger partial charge in [0.1, 0.15) is 23.9 Å². The highest BCUT2D eigenvalue weighted by atomic mass is 32.2. The van der Waals surface area contributed by atoms with Crippen LogP contribution in [0.4, 0.5) is 0 Å². The fourth-order valence-corrected chi connectivity index (χ4v) is 3.98. The van der Waals surface area contributed by atoms with E-state index in [-0.39, 0.29) is 29.0 Å². The van der Waals surface area contributed by atoms with Crippen LogP contribution in [0.25, 0.3) is 0 Å². The molecule has 0 saturated carbocycles. The van der Waals surface area contributed by atoms with Crippen molar-refractivity contribution in [3.8, 4) is 17.2 Å². The molecule has 0 saturated heterocycles. The minimum atomic E-state index is -3.34. The largest absolute Gasteiger partial charge is 0.491 e. The molecule has 0 radical (unpaired) electrons. The fraction of sp³-hybridized carbons (Fsp3) is 0.261. The third-order valence-electron chi connectivity index (χ3n) is 4.33. The van der Waals surface area contributed by atoms with E-state index in [1.807, 2.05) is 0 Å². The van der Waals surface area contributed by atoms with E-state index in [4.69, 9.17) is 20.1 Å². The maximum atomic E-state index is 12.8. The van der Waals surface area contributed by atoms with Crippen molar-refractivity contribution in [1.29, 1.82) is 0 Å². The van der Waals surface area contributed by atoms with Gasteiger partial charge in [0, 0.05) is 36.9 Å². The first kappa shape index (κ1) is 28.1. The minimum Gasteiger partial charge on any atom is -0.491 e. The number of carbonyl (C=O) groups is 1. The summed E-state index contributed by atoms with van der Waals surface area (Å²) in [6.45, 7) is 5.97. The van der Waals surface area contributed by atoms with E-state index in [2.05, 4.69) is 11.9 Å². The van der Waals surface area contributed by atoms with Crippen molar-refractivity contribution in [3.63, 3.8) is 0 Å². The zero-order chi connectivity index (χ0) is 26.0. The predicted octanol–water partition coefficient (Wildman–Crippen LogP) is 2.99. The predicted molar refractivity (Wildman–Crippen MR) is 135 cm³/mol. The van der Waals surface area contributed by atoms with Gasteiger partial charge in [0.2, 0.25) is 0 Å². The summed E-state index contributed by atoms with van der Waals surface area (Å²) in [5, 5.41) is 3.89. The van der Waals surface area contributed by atoms with Crippen LogP contribution in [-0.2, 0) is 19.1 Å². The molecule has 0 aromatic heterocycles. The van der Waals surface area contributed by atoms with E-state index in [1.54, 1.807) is 25.9 Å². The number of hydrazine groups is 1. The third kappa shape index (κ3) is 9.96. The van der Waals surface area contributed by atoms with Crippen LogP contribution in [0.1, 0.15) is 10.4 Å². The SMILES string of the molecule is C=C(/C=C\N(N)C[PH](C)=O)NC(=O)c1cc(OCCOC)cc(Oc2ccc(S(C)(=O)=O)cc2)c1. The Balaban J connectivity index is 2.21. The van der Waals surface area contributed by atoms with Gasteiger partial charge in [-0.3, -0.25) is 4.79 Å². The lowest BCUT2D eigenvalue weighted by Gasteiger charge is -2.13. The highest BCUT2D eigenvalue weighted by Gasteiger charge is 2.13. The standard InChI is InChI=1S/C23H30N3O7PS/c1-17(9-10-26(24)16-34(3)28)25-23(27)18-13-20(32-12-11-31-2)15-21(14-18)33-19-5-7-22(8-6-19)35(4,29)30/h5-10,13-15,34H,1,11-12,16,24H2,2-4H3,(H,25,27)/b10-9-. The number of sulfone groups is 1. The Kier molecular flexibility index (Phi) is 10.5. The van der Waals surface area contributed by atoms with Gasteiger partial charge in [0.05, 0.1) is 25.6 Å². The van der Waals surface area contributed by atoms with Gasteiger partial charge in [-0.25, -0.2) is 14.3 Å². The van der Waals surface area contributed by atoms with Gasteiger partial charge in [-0.2, -0.15) is 0 Å². The highest BCUT2D eigenvalue weighted by Crippen LogP contribution is 2.28. The Bertz CT molecular complexity index is 1200. The molecule has 1 amide bonds. The molecule has 1 atom stereocenters. The lowest BCUT2D eigenvalue weighted by atomic mass is 10.2. The third-order valence-corrected chi connectivity index (χ3v) is 6.27. The highest BCUT2D eigenvalue weighted by molar-refractivity contribution is 7.90. The van der Waals surface area contributed by atoms with E-state index >= 15 is 0 Å². The summed E-state index contributed by atoms with van der Waals surface area (Å²) in [5.41, 5.74) is 0.506. The summed E-state index contributed by atoms with van der Waals surface area (Å²) in [6.07, 6.45) is 4.28. The summed E-state index contributed by atoms with van der Waals surface area (Å²) in [6, 6.07) is 10.6. The maximum Gasteiger partial charge on any atom is 0.255 e. The molecule has 2 aromatic carbocycles. The molecule has 0 heterocycles. The Labute approximate surface area is 206 Å². The molecule has 0 aliphatic heterocycles. The van der Waals surface area contributed by atoms with Crippen LogP contribution in [0.15, 0.2) is 71.9 Å². The first-order chi connectivity index (χ1) is 16.5. The second kappa shape index (κ2) is 13.1. The Morgan fingerprint density at radius 1 is 1.14 bits per heavy atom. The summed E-state index contributed by atoms with van der Waals surface area (Å²) >= 11 is 0. The number of nitrogens with one attached hydrogen (secondary N) is 1. The molecule has 3 N–H and O–H groups in total. The van der Waals surface area contributed by atoms with Crippen LogP contribution in [0.2, 0.25) is 0 Å². The van der Waals surface area contributed by atoms with Crippen LogP contribution in [-0.4, -0.2) is 58.9 Å². The van der Waals surface area contributed by atoms with Gasteiger partial charge in [-0.05, 0) is 49.1 Å². The summed E-state index contributed by atoms with van der Waals surface area (Å²) < 4.78 is 51.1. The first-order valence-corrected chi connectivity index (χ1v) is 14.4. The lowest BCUT2D eigenvalue weighted by molar-refractivity contribution is 0.0966. The number of hydrogen-bond donors (Lipinski definition) is 2. The Morgan fingerprint density at radius 3 is 2.40 bits per heavy atom. The lowest BCUT2D eigenvalue weighted by Crippen LogP contribution is -2.25. The Hall–Kier alpha value is -3.11. The number of nitrogens with zero attached hydrogens (tertiary/aromatic N) is 1. The molecule has 2 aromatic rings. The van der Waals surface area contributed by atoms with Crippen molar-refractivity contribution < 1.29 is 32.0 Å². The quantitative estimate of drug-likeness (QED) is 0.133. The fourth-order valence-electron chi connectivity index (χ4n) is 2.73. The van der Waals surface area contributed by atoms with Gasteiger partial charge < -0.3 is 29.1 Å². The molecular weight excluding hydrogens is 493 g/mol. The molecule has 0 aliphatic rings. The van der Waals surface area contributed by atoms with Gasteiger partial charge in [-0.1, -0.05) is 6.58 Å². The van der Waals surface area contributed by atoms with Crippen LogP contribution in [0, 0.1) is 0 Å². The van der Waals surface area contributed by atoms with E-state index in [0.717, 1.165) is 6.26 Å². The number of allylic oxidation sites excluding steroid dienone is 1. The molecule has 2 rings (SSSR count). The van der Waals surface area contributed by atoms with Gasteiger partial charge >= 0.3 is 0 Å². The topological polar surface area (TPSA) is 137 Å². The normalized spacial score (nSPS) is 12.2. The maximum absolute atomic E-state index is 12.8. The second-order valence-corrected chi connectivity index (χ2v) is 11.3. The average molecular weight is 524 g/mol. The average Bonchev–Trinajstić information content (AvgIpc) is 2.77. The molecule has 0 fully saturated rings. The number of methoxy groups -OCH3 is 1. The molecule has 1 unspecified atom stereocenters. The number of carbonyl (C=O) groups excluding carboxylic acids is 1. The summed E-state index contributed by atoms with van der Waals surface area (Å²) in [7, 11) is -3.58. The Morgan fingerprint density at radius 2 is 1.80 bits per heavy atom. The first-order valence-electron chi connectivity index (χ1n) is 10.4. The summed E-state index contributed by atoms with van der Waals surface area (Å²) in [5.74, 6) is 6.30. The van der Waals surface area contributed by atoms with Crippen LogP contribution >= 0.6 is 7.80 Å². The number of rotatable bonds is 13. The van der Waals surface area contributed by atoms with Crippen molar-refractivity contribution in [1.82, 2.24) is 10.3 Å². The van der Waals surface area contributed by atoms with E-state index in [9.17, 15) is 17.8 Å². The monoisotopic (exact) mass is 523 g/mol. The number of hydrogen-bond acceptors (Lipinski definition) is 9. The summed E-state index contributed by atoms with van der Waals surface area (Å²) in [4.78, 5) is 13.0. The molecule has 12 heteroatoms. The molecule has 10 nitrogen and oxygen atoms in total. The molecule has 35 heavy (non-hydrogen) atoms. The molecule has 0 spiro atoms. The number of nitrogens with two attached hydrogens (primary N) is 1. The second-order valence-electron chi connectivity index (χ2n) is 7.55. The van der Waals surface area contributed by atoms with E-state index < -0.39 is 23.5 Å². The smallest absolute Gasteiger partial charge is 0.255 e. The molecule has 190 valence electrons. The minimum absolute atomic E-state index is 0.163. The number of benzene rings is 2. The molecule has 0 bridgehead atoms. The van der Waals surface area contributed by atoms with Gasteiger partial charge in [0.25, 0.3) is 5.91 Å². The number of amides is 1. The molecular formula is C23H30N3O7PS. The van der Waals surface area contributed by atoms with E-state index in [1.165, 1.54) is 47.6 Å². The van der Waals surface area contributed by atoms with Crippen molar-refractivity contribution in [3.05, 3.63) is 72.6 Å². The van der Waals surface area contributed by atoms with Gasteiger partial charge in [0.15, 0.2) is 9.84 Å². The molecule has 0 aliphatic carbocycles. The van der Waals surface area contributed by atoms with Crippen LogP contribution in [0.3, 0.4) is 0 Å². The van der Waals surface area contributed by atoms with Crippen LogP contribution < -0.4 is 20.6 Å². The van der Waals surface area contributed by atoms with Crippen molar-refractivity contribution >= 4 is 23.5 Å². The van der Waals surface area contributed by atoms with Gasteiger partial charge in [-0.15, -0.1) is 0 Å². The zero-order valence-corrected chi connectivity index (χ0v) is 21.6. The van der Waals surface area contributed by atoms with Crippen molar-refractivity contribution in [2.75, 3.05) is 39.5 Å². The van der Waals surface area contributed by atoms with E-state index in [0.29, 0.717) is 23.9 Å². The zero-order valence-electron chi connectivity index (χ0n) is 19.8. The van der Waals surface area contributed by atoms with Crippen molar-refractivity contribution in [2.45, 2.75) is 4.90 Å². The number of ether oxygens (including phenoxy) is 3. The van der Waals surface area contributed by atoms with Crippen LogP contribution in [0.5, 0.6) is 17.2 Å².